The molecule has 0 aromatic heterocycles. The summed E-state index contributed by atoms with van der Waals surface area (Å²) < 4.78 is 0. The SMILES string of the molecule is CC(=O)NCC(=O)NC([C]=O)=Cc1ccccc1. The Kier molecular flexibility index (Phi) is 5.31. The molecule has 5 nitrogen and oxygen atoms in total. The van der Waals surface area contributed by atoms with Crippen LogP contribution in [-0.4, -0.2) is 24.6 Å². The molecule has 0 unspecified atom stereocenters. The molecule has 18 heavy (non-hydrogen) atoms. The van der Waals surface area contributed by atoms with E-state index in [4.69, 9.17) is 0 Å². The van der Waals surface area contributed by atoms with Gasteiger partial charge in [0.2, 0.25) is 11.8 Å². The van der Waals surface area contributed by atoms with E-state index in [0.717, 1.165) is 5.56 Å². The molecule has 0 bridgehead atoms. The van der Waals surface area contributed by atoms with E-state index in [-0.39, 0.29) is 18.1 Å². The fourth-order valence-electron chi connectivity index (χ4n) is 1.21. The summed E-state index contributed by atoms with van der Waals surface area (Å²) in [6.07, 6.45) is 3.13. The van der Waals surface area contributed by atoms with Crippen LogP contribution in [0.4, 0.5) is 0 Å². The van der Waals surface area contributed by atoms with E-state index in [0.29, 0.717) is 0 Å². The van der Waals surface area contributed by atoms with Gasteiger partial charge in [-0.05, 0) is 11.6 Å². The summed E-state index contributed by atoms with van der Waals surface area (Å²) in [5.74, 6) is -0.787. The molecule has 0 saturated carbocycles. The number of hydrogen-bond acceptors (Lipinski definition) is 3. The van der Waals surface area contributed by atoms with Crippen molar-refractivity contribution in [2.75, 3.05) is 6.54 Å². The minimum atomic E-state index is -0.476. The van der Waals surface area contributed by atoms with Gasteiger partial charge in [-0.2, -0.15) is 0 Å². The molecule has 1 aromatic rings. The van der Waals surface area contributed by atoms with Crippen LogP contribution in [0.25, 0.3) is 6.08 Å². The summed E-state index contributed by atoms with van der Waals surface area (Å²) >= 11 is 0. The average Bonchev–Trinajstić information content (AvgIpc) is 2.37. The van der Waals surface area contributed by atoms with Crippen LogP contribution < -0.4 is 10.6 Å². The fourth-order valence-corrected chi connectivity index (χ4v) is 1.21. The number of amides is 2. The van der Waals surface area contributed by atoms with Crippen molar-refractivity contribution in [3.05, 3.63) is 41.6 Å². The largest absolute Gasteiger partial charge is 0.347 e. The lowest BCUT2D eigenvalue weighted by atomic mass is 10.2. The molecule has 0 heterocycles. The quantitative estimate of drug-likeness (QED) is 0.737. The molecule has 0 atom stereocenters. The Morgan fingerprint density at radius 2 is 1.94 bits per heavy atom. The third kappa shape index (κ3) is 5.07. The summed E-state index contributed by atoms with van der Waals surface area (Å²) in [5.41, 5.74) is 0.798. The molecule has 0 saturated heterocycles. The number of rotatable bonds is 5. The number of nitrogens with one attached hydrogen (secondary N) is 2. The summed E-state index contributed by atoms with van der Waals surface area (Å²) in [6.45, 7) is 1.13. The second-order valence-corrected chi connectivity index (χ2v) is 3.53. The third-order valence-corrected chi connectivity index (χ3v) is 1.99. The van der Waals surface area contributed by atoms with Gasteiger partial charge >= 0.3 is 0 Å². The Hall–Kier alpha value is -2.43. The molecule has 2 amide bonds. The minimum Gasteiger partial charge on any atom is -0.347 e. The van der Waals surface area contributed by atoms with Gasteiger partial charge in [-0.15, -0.1) is 0 Å². The molecule has 0 spiro atoms. The van der Waals surface area contributed by atoms with Gasteiger partial charge in [-0.3, -0.25) is 14.4 Å². The van der Waals surface area contributed by atoms with Crippen LogP contribution in [0.15, 0.2) is 36.0 Å². The maximum Gasteiger partial charge on any atom is 0.251 e. The lowest BCUT2D eigenvalue weighted by Crippen LogP contribution is -2.35. The molecule has 2 N–H and O–H groups in total. The van der Waals surface area contributed by atoms with Gasteiger partial charge < -0.3 is 10.6 Å². The summed E-state index contributed by atoms with van der Waals surface area (Å²) in [6, 6.07) is 9.05. The normalized spacial score (nSPS) is 10.6. The highest BCUT2D eigenvalue weighted by atomic mass is 16.2. The molecule has 0 aliphatic carbocycles. The zero-order valence-corrected chi connectivity index (χ0v) is 9.90. The summed E-state index contributed by atoms with van der Waals surface area (Å²) in [5, 5.41) is 4.68. The highest BCUT2D eigenvalue weighted by molar-refractivity contribution is 5.92. The molecule has 93 valence electrons. The predicted octanol–water partition coefficient (Wildman–Crippen LogP) is 0.390. The Balaban J connectivity index is 2.62. The molecule has 0 aliphatic heterocycles. The van der Waals surface area contributed by atoms with Crippen LogP contribution in [0.5, 0.6) is 0 Å². The zero-order chi connectivity index (χ0) is 13.4. The highest BCUT2D eigenvalue weighted by Gasteiger charge is 2.05. The number of allylic oxidation sites excluding steroid dienone is 1. The summed E-state index contributed by atoms with van der Waals surface area (Å²) in [7, 11) is 0. The predicted molar refractivity (Wildman–Crippen MR) is 66.9 cm³/mol. The first-order valence-corrected chi connectivity index (χ1v) is 5.31. The van der Waals surface area contributed by atoms with Crippen molar-refractivity contribution in [1.82, 2.24) is 10.6 Å². The Morgan fingerprint density at radius 3 is 2.50 bits per heavy atom. The number of carbonyl (C=O) groups is 2. The molecular formula is C13H13N2O3. The first-order chi connectivity index (χ1) is 8.61. The van der Waals surface area contributed by atoms with Gasteiger partial charge in [0.15, 0.2) is 0 Å². The lowest BCUT2D eigenvalue weighted by Gasteiger charge is -2.04. The van der Waals surface area contributed by atoms with Gasteiger partial charge in [-0.1, -0.05) is 30.3 Å². The number of hydrogen-bond donors (Lipinski definition) is 2. The topological polar surface area (TPSA) is 75.3 Å². The van der Waals surface area contributed by atoms with E-state index in [1.807, 2.05) is 18.2 Å². The van der Waals surface area contributed by atoms with E-state index in [1.165, 1.54) is 13.0 Å². The fraction of sp³-hybridized carbons (Fsp3) is 0.154. The second kappa shape index (κ2) is 7.01. The van der Waals surface area contributed by atoms with Crippen LogP contribution in [0, 0.1) is 0 Å². The van der Waals surface area contributed by atoms with Crippen LogP contribution >= 0.6 is 0 Å². The lowest BCUT2D eigenvalue weighted by molar-refractivity contribution is -0.124. The van der Waals surface area contributed by atoms with Crippen LogP contribution in [0.1, 0.15) is 12.5 Å². The summed E-state index contributed by atoms with van der Waals surface area (Å²) in [4.78, 5) is 32.7. The zero-order valence-electron chi connectivity index (χ0n) is 9.90. The maximum absolute atomic E-state index is 11.4. The number of carbonyl (C=O) groups excluding carboxylic acids is 3. The standard InChI is InChI=1S/C13H13N2O3/c1-10(17)14-8-13(18)15-12(9-16)7-11-5-3-2-4-6-11/h2-7H,8H2,1H3,(H,14,17)(H,15,18). The van der Waals surface area contributed by atoms with Gasteiger partial charge in [0.1, 0.15) is 0 Å². The molecule has 0 fully saturated rings. The van der Waals surface area contributed by atoms with Gasteiger partial charge in [0.05, 0.1) is 12.2 Å². The molecule has 1 aromatic carbocycles. The minimum absolute atomic E-state index is 0.0246. The van der Waals surface area contributed by atoms with Crippen molar-refractivity contribution < 1.29 is 14.4 Å². The third-order valence-electron chi connectivity index (χ3n) is 1.99. The van der Waals surface area contributed by atoms with Crippen molar-refractivity contribution in [1.29, 1.82) is 0 Å². The molecule has 1 radical (unpaired) electrons. The van der Waals surface area contributed by atoms with Crippen LogP contribution in [0.2, 0.25) is 0 Å². The van der Waals surface area contributed by atoms with Crippen LogP contribution in [0.3, 0.4) is 0 Å². The van der Waals surface area contributed by atoms with Gasteiger partial charge in [-0.25, -0.2) is 0 Å². The second-order valence-electron chi connectivity index (χ2n) is 3.53. The molecule has 1 rings (SSSR count). The molecule has 0 aliphatic rings. The van der Waals surface area contributed by atoms with Crippen molar-refractivity contribution >= 4 is 24.2 Å². The Morgan fingerprint density at radius 1 is 1.28 bits per heavy atom. The van der Waals surface area contributed by atoms with E-state index >= 15 is 0 Å². The Bertz CT molecular complexity index is 466. The number of benzene rings is 1. The van der Waals surface area contributed by atoms with Crippen LogP contribution in [-0.2, 0) is 14.4 Å². The Labute approximate surface area is 105 Å². The molecule has 5 heteroatoms. The van der Waals surface area contributed by atoms with Crippen molar-refractivity contribution in [2.45, 2.75) is 6.92 Å². The van der Waals surface area contributed by atoms with Gasteiger partial charge in [0.25, 0.3) is 6.29 Å². The van der Waals surface area contributed by atoms with E-state index in [9.17, 15) is 14.4 Å². The van der Waals surface area contributed by atoms with Crippen molar-refractivity contribution in [3.63, 3.8) is 0 Å². The van der Waals surface area contributed by atoms with Gasteiger partial charge in [0, 0.05) is 6.92 Å². The monoisotopic (exact) mass is 245 g/mol. The molecular weight excluding hydrogens is 232 g/mol. The van der Waals surface area contributed by atoms with Crippen molar-refractivity contribution in [3.8, 4) is 0 Å². The van der Waals surface area contributed by atoms with E-state index < -0.39 is 5.91 Å². The first-order valence-electron chi connectivity index (χ1n) is 5.31. The smallest absolute Gasteiger partial charge is 0.251 e. The first kappa shape index (κ1) is 13.6. The average molecular weight is 245 g/mol. The van der Waals surface area contributed by atoms with Crippen molar-refractivity contribution in [2.24, 2.45) is 0 Å². The highest BCUT2D eigenvalue weighted by Crippen LogP contribution is 2.03. The maximum atomic E-state index is 11.4. The van der Waals surface area contributed by atoms with E-state index in [1.54, 1.807) is 18.4 Å². The van der Waals surface area contributed by atoms with E-state index in [2.05, 4.69) is 10.6 Å².